The van der Waals surface area contributed by atoms with Crippen LogP contribution in [0.2, 0.25) is 0 Å². The van der Waals surface area contributed by atoms with E-state index in [-0.39, 0.29) is 17.8 Å². The van der Waals surface area contributed by atoms with E-state index in [9.17, 15) is 9.18 Å². The van der Waals surface area contributed by atoms with Gasteiger partial charge in [-0.1, -0.05) is 6.92 Å². The molecule has 0 saturated heterocycles. The summed E-state index contributed by atoms with van der Waals surface area (Å²) in [7, 11) is 0. The van der Waals surface area contributed by atoms with Gasteiger partial charge in [0.2, 0.25) is 5.95 Å². The molecule has 2 atom stereocenters. The number of anilines is 1. The number of carbonyl (C=O) groups excluding carboxylic acids is 1. The number of alkyl carbamates (subject to hydrolysis) is 1. The molecular weight excluding hydrogens is 323 g/mol. The van der Waals surface area contributed by atoms with E-state index in [0.29, 0.717) is 23.4 Å². The molecule has 136 valence electrons. The lowest BCUT2D eigenvalue weighted by Gasteiger charge is -2.25. The van der Waals surface area contributed by atoms with E-state index in [1.807, 2.05) is 34.6 Å². The number of rotatable bonds is 5. The van der Waals surface area contributed by atoms with E-state index in [1.54, 1.807) is 12.3 Å². The van der Waals surface area contributed by atoms with Crippen molar-refractivity contribution in [2.45, 2.75) is 46.3 Å². The molecule has 1 aromatic heterocycles. The molecule has 0 saturated carbocycles. The zero-order valence-corrected chi connectivity index (χ0v) is 15.3. The van der Waals surface area contributed by atoms with Crippen LogP contribution in [0.3, 0.4) is 0 Å². The number of nitrogens with one attached hydrogen (secondary N) is 2. The number of hydrogen-bond donors (Lipinski definition) is 2. The van der Waals surface area contributed by atoms with Crippen LogP contribution in [0.5, 0.6) is 0 Å². The molecule has 6 nitrogen and oxygen atoms in total. The SMILES string of the molecule is CC(CNc1ncc2cc(F)ccc2n1)C(C)NC(=O)OC(C)(C)C. The summed E-state index contributed by atoms with van der Waals surface area (Å²) in [5.74, 6) is 0.280. The molecule has 0 radical (unpaired) electrons. The van der Waals surface area contributed by atoms with Gasteiger partial charge in [-0.05, 0) is 51.8 Å². The Bertz CT molecular complexity index is 745. The second kappa shape index (κ2) is 7.63. The summed E-state index contributed by atoms with van der Waals surface area (Å²) in [6.07, 6.45) is 1.15. The average Bonchev–Trinajstić information content (AvgIpc) is 2.50. The lowest BCUT2D eigenvalue weighted by Crippen LogP contribution is -2.42. The summed E-state index contributed by atoms with van der Waals surface area (Å²) in [6, 6.07) is 4.30. The number of aromatic nitrogens is 2. The summed E-state index contributed by atoms with van der Waals surface area (Å²) >= 11 is 0. The van der Waals surface area contributed by atoms with Gasteiger partial charge in [-0.25, -0.2) is 19.2 Å². The van der Waals surface area contributed by atoms with Crippen LogP contribution in [0.1, 0.15) is 34.6 Å². The largest absolute Gasteiger partial charge is 0.444 e. The van der Waals surface area contributed by atoms with Gasteiger partial charge < -0.3 is 15.4 Å². The molecule has 25 heavy (non-hydrogen) atoms. The van der Waals surface area contributed by atoms with Crippen molar-refractivity contribution in [2.75, 3.05) is 11.9 Å². The third-order valence-electron chi connectivity index (χ3n) is 3.72. The minimum Gasteiger partial charge on any atom is -0.444 e. The molecule has 7 heteroatoms. The Labute approximate surface area is 147 Å². The van der Waals surface area contributed by atoms with Crippen LogP contribution in [-0.4, -0.2) is 34.2 Å². The highest BCUT2D eigenvalue weighted by atomic mass is 19.1. The molecule has 2 aromatic rings. The van der Waals surface area contributed by atoms with Gasteiger partial charge in [0, 0.05) is 24.2 Å². The molecule has 0 aliphatic heterocycles. The fraction of sp³-hybridized carbons (Fsp3) is 0.500. The fourth-order valence-electron chi connectivity index (χ4n) is 2.15. The van der Waals surface area contributed by atoms with Gasteiger partial charge in [-0.3, -0.25) is 0 Å². The van der Waals surface area contributed by atoms with Crippen molar-refractivity contribution < 1.29 is 13.9 Å². The molecule has 1 heterocycles. The molecule has 1 amide bonds. The highest BCUT2D eigenvalue weighted by Crippen LogP contribution is 2.15. The van der Waals surface area contributed by atoms with E-state index < -0.39 is 11.7 Å². The van der Waals surface area contributed by atoms with Crippen molar-refractivity contribution in [3.63, 3.8) is 0 Å². The van der Waals surface area contributed by atoms with Crippen LogP contribution in [-0.2, 0) is 4.74 Å². The molecule has 2 N–H and O–H groups in total. The zero-order valence-electron chi connectivity index (χ0n) is 15.3. The van der Waals surface area contributed by atoms with Crippen molar-refractivity contribution in [1.82, 2.24) is 15.3 Å². The number of benzene rings is 1. The highest BCUT2D eigenvalue weighted by molar-refractivity contribution is 5.78. The zero-order chi connectivity index (χ0) is 18.6. The normalized spacial score (nSPS) is 14.0. The summed E-state index contributed by atoms with van der Waals surface area (Å²) in [6.45, 7) is 9.97. The lowest BCUT2D eigenvalue weighted by atomic mass is 10.0. The van der Waals surface area contributed by atoms with Gasteiger partial charge in [0.25, 0.3) is 0 Å². The summed E-state index contributed by atoms with van der Waals surface area (Å²) in [5, 5.41) is 6.62. The Morgan fingerprint density at radius 3 is 2.72 bits per heavy atom. The van der Waals surface area contributed by atoms with Crippen LogP contribution in [0.25, 0.3) is 10.9 Å². The Morgan fingerprint density at radius 2 is 2.04 bits per heavy atom. The van der Waals surface area contributed by atoms with E-state index in [4.69, 9.17) is 4.74 Å². The second-order valence-corrected chi connectivity index (χ2v) is 7.19. The molecular formula is C18H25FN4O2. The van der Waals surface area contributed by atoms with Gasteiger partial charge in [0.1, 0.15) is 11.4 Å². The van der Waals surface area contributed by atoms with Crippen molar-refractivity contribution in [1.29, 1.82) is 0 Å². The highest BCUT2D eigenvalue weighted by Gasteiger charge is 2.20. The number of carbonyl (C=O) groups is 1. The lowest BCUT2D eigenvalue weighted by molar-refractivity contribution is 0.0495. The Hall–Kier alpha value is -2.44. The molecule has 1 aromatic carbocycles. The van der Waals surface area contributed by atoms with Gasteiger partial charge >= 0.3 is 6.09 Å². The Balaban J connectivity index is 1.89. The minimum absolute atomic E-state index is 0.0862. The first-order valence-corrected chi connectivity index (χ1v) is 8.30. The summed E-state index contributed by atoms with van der Waals surface area (Å²) in [4.78, 5) is 20.4. The second-order valence-electron chi connectivity index (χ2n) is 7.19. The molecule has 0 fully saturated rings. The maximum absolute atomic E-state index is 13.2. The van der Waals surface area contributed by atoms with Crippen LogP contribution in [0, 0.1) is 11.7 Å². The van der Waals surface area contributed by atoms with Crippen molar-refractivity contribution >= 4 is 22.9 Å². The van der Waals surface area contributed by atoms with Crippen LogP contribution >= 0.6 is 0 Å². The van der Waals surface area contributed by atoms with Crippen LogP contribution in [0.4, 0.5) is 15.1 Å². The monoisotopic (exact) mass is 348 g/mol. The minimum atomic E-state index is -0.524. The van der Waals surface area contributed by atoms with Gasteiger partial charge in [0.05, 0.1) is 5.52 Å². The fourth-order valence-corrected chi connectivity index (χ4v) is 2.15. The predicted octanol–water partition coefficient (Wildman–Crippen LogP) is 3.73. The first-order valence-electron chi connectivity index (χ1n) is 8.30. The van der Waals surface area contributed by atoms with E-state index >= 15 is 0 Å². The smallest absolute Gasteiger partial charge is 0.407 e. The van der Waals surface area contributed by atoms with Gasteiger partial charge in [-0.2, -0.15) is 0 Å². The van der Waals surface area contributed by atoms with Crippen LogP contribution in [0.15, 0.2) is 24.4 Å². The summed E-state index contributed by atoms with van der Waals surface area (Å²) < 4.78 is 18.4. The third kappa shape index (κ3) is 5.85. The number of halogens is 1. The number of fused-ring (bicyclic) bond motifs is 1. The molecule has 2 rings (SSSR count). The Morgan fingerprint density at radius 1 is 1.32 bits per heavy atom. The Kier molecular flexibility index (Phi) is 5.77. The maximum Gasteiger partial charge on any atom is 0.407 e. The molecule has 2 unspecified atom stereocenters. The summed E-state index contributed by atoms with van der Waals surface area (Å²) in [5.41, 5.74) is 0.149. The first kappa shape index (κ1) is 18.9. The maximum atomic E-state index is 13.2. The standard InChI is InChI=1S/C18H25FN4O2/c1-11(12(2)22-17(24)25-18(3,4)5)9-20-16-21-10-13-8-14(19)6-7-15(13)23-16/h6-8,10-12H,9H2,1-5H3,(H,22,24)(H,20,21,23). The molecule has 0 spiro atoms. The van der Waals surface area contributed by atoms with E-state index in [2.05, 4.69) is 20.6 Å². The quantitative estimate of drug-likeness (QED) is 0.861. The van der Waals surface area contributed by atoms with Crippen LogP contribution < -0.4 is 10.6 Å². The number of amides is 1. The average molecular weight is 348 g/mol. The number of hydrogen-bond acceptors (Lipinski definition) is 5. The third-order valence-corrected chi connectivity index (χ3v) is 3.72. The van der Waals surface area contributed by atoms with E-state index in [0.717, 1.165) is 0 Å². The number of ether oxygens (including phenoxy) is 1. The van der Waals surface area contributed by atoms with Crippen molar-refractivity contribution in [2.24, 2.45) is 5.92 Å². The number of nitrogens with zero attached hydrogens (tertiary/aromatic N) is 2. The topological polar surface area (TPSA) is 76.1 Å². The van der Waals surface area contributed by atoms with Gasteiger partial charge in [-0.15, -0.1) is 0 Å². The van der Waals surface area contributed by atoms with Gasteiger partial charge in [0.15, 0.2) is 0 Å². The van der Waals surface area contributed by atoms with Crippen molar-refractivity contribution in [3.05, 3.63) is 30.2 Å². The first-order chi connectivity index (χ1) is 11.6. The van der Waals surface area contributed by atoms with E-state index in [1.165, 1.54) is 12.1 Å². The molecule has 0 aliphatic carbocycles. The van der Waals surface area contributed by atoms with Crippen molar-refractivity contribution in [3.8, 4) is 0 Å². The predicted molar refractivity (Wildman–Crippen MR) is 96.0 cm³/mol. The molecule has 0 bridgehead atoms. The molecule has 0 aliphatic rings.